The van der Waals surface area contributed by atoms with Gasteiger partial charge in [-0.2, -0.15) is 0 Å². The molecule has 166 valence electrons. The number of nitro benzene ring substituents is 1. The number of nitro groups is 1. The van der Waals surface area contributed by atoms with Crippen LogP contribution in [0.15, 0.2) is 72.9 Å². The van der Waals surface area contributed by atoms with Gasteiger partial charge in [0.25, 0.3) is 5.69 Å². The van der Waals surface area contributed by atoms with Crippen LogP contribution < -0.4 is 15.2 Å². The van der Waals surface area contributed by atoms with E-state index in [1.807, 2.05) is 24.3 Å². The Bertz CT molecular complexity index is 1290. The first kappa shape index (κ1) is 21.6. The molecule has 0 bridgehead atoms. The molecule has 1 aromatic heterocycles. The molecule has 0 saturated carbocycles. The molecule has 0 aliphatic heterocycles. The summed E-state index contributed by atoms with van der Waals surface area (Å²) in [6.45, 7) is 0.189. The molecule has 0 radical (unpaired) electrons. The van der Waals surface area contributed by atoms with E-state index in [-0.39, 0.29) is 24.0 Å². The zero-order chi connectivity index (χ0) is 23.4. The van der Waals surface area contributed by atoms with Gasteiger partial charge in [0, 0.05) is 35.5 Å². The highest BCUT2D eigenvalue weighted by atomic mass is 16.6. The fraction of sp³-hybridized carbons (Fsp3) is 0.0833. The van der Waals surface area contributed by atoms with E-state index in [4.69, 9.17) is 15.2 Å². The summed E-state index contributed by atoms with van der Waals surface area (Å²) in [6.07, 6.45) is 1.61. The van der Waals surface area contributed by atoms with Crippen molar-refractivity contribution in [2.75, 3.05) is 12.8 Å². The van der Waals surface area contributed by atoms with Gasteiger partial charge in [0.2, 0.25) is 5.95 Å². The average molecular weight is 444 g/mol. The van der Waals surface area contributed by atoms with Crippen molar-refractivity contribution >= 4 is 11.6 Å². The van der Waals surface area contributed by atoms with Crippen LogP contribution in [0, 0.1) is 10.1 Å². The number of anilines is 1. The average Bonchev–Trinajstić information content (AvgIpc) is 2.83. The summed E-state index contributed by atoms with van der Waals surface area (Å²) in [7, 11) is 1.59. The van der Waals surface area contributed by atoms with Crippen molar-refractivity contribution in [2.45, 2.75) is 6.61 Å². The Kier molecular flexibility index (Phi) is 6.03. The number of hydrogen-bond donors (Lipinski definition) is 2. The number of phenols is 1. The minimum Gasteiger partial charge on any atom is -0.507 e. The van der Waals surface area contributed by atoms with Gasteiger partial charge in [0.05, 0.1) is 17.7 Å². The summed E-state index contributed by atoms with van der Waals surface area (Å²) >= 11 is 0. The molecule has 4 aromatic rings. The molecule has 0 saturated heterocycles. The van der Waals surface area contributed by atoms with E-state index in [0.717, 1.165) is 11.1 Å². The first-order valence-electron chi connectivity index (χ1n) is 9.91. The maximum absolute atomic E-state index is 10.8. The molecule has 3 N–H and O–H groups in total. The second kappa shape index (κ2) is 9.23. The van der Waals surface area contributed by atoms with Crippen LogP contribution in [0.4, 0.5) is 11.6 Å². The fourth-order valence-electron chi connectivity index (χ4n) is 3.26. The maximum Gasteiger partial charge on any atom is 0.269 e. The van der Waals surface area contributed by atoms with E-state index in [9.17, 15) is 15.2 Å². The highest BCUT2D eigenvalue weighted by molar-refractivity contribution is 5.83. The molecule has 33 heavy (non-hydrogen) atoms. The van der Waals surface area contributed by atoms with Crippen LogP contribution in [-0.4, -0.2) is 27.1 Å². The van der Waals surface area contributed by atoms with Crippen molar-refractivity contribution in [3.8, 4) is 39.6 Å². The highest BCUT2D eigenvalue weighted by Crippen LogP contribution is 2.37. The van der Waals surface area contributed by atoms with Gasteiger partial charge in [-0.1, -0.05) is 12.1 Å². The smallest absolute Gasteiger partial charge is 0.269 e. The first-order chi connectivity index (χ1) is 15.9. The van der Waals surface area contributed by atoms with Gasteiger partial charge < -0.3 is 20.3 Å². The Morgan fingerprint density at radius 3 is 2.33 bits per heavy atom. The number of hydrogen-bond acceptors (Lipinski definition) is 8. The number of nitrogens with zero attached hydrogens (tertiary/aromatic N) is 3. The molecule has 0 aliphatic rings. The van der Waals surface area contributed by atoms with Gasteiger partial charge in [-0.05, 0) is 47.5 Å². The second-order valence-corrected chi connectivity index (χ2v) is 7.11. The predicted octanol–water partition coefficient (Wildman–Crippen LogP) is 4.59. The maximum atomic E-state index is 10.8. The zero-order valence-electron chi connectivity index (χ0n) is 17.6. The van der Waals surface area contributed by atoms with Crippen LogP contribution in [-0.2, 0) is 6.61 Å². The predicted molar refractivity (Wildman–Crippen MR) is 123 cm³/mol. The Hall–Kier alpha value is -4.66. The van der Waals surface area contributed by atoms with Crippen molar-refractivity contribution in [2.24, 2.45) is 0 Å². The number of aromatic hydroxyl groups is 1. The minimum atomic E-state index is -0.457. The van der Waals surface area contributed by atoms with Gasteiger partial charge in [0.15, 0.2) is 0 Å². The van der Waals surface area contributed by atoms with Gasteiger partial charge in [-0.3, -0.25) is 10.1 Å². The standard InChI is InChI=1S/C24H20N4O5/c1-32-18-8-4-16(5-9-18)21-13-26-24(25)27-23(21)20-11-10-19(12-22(20)29)33-14-15-2-6-17(7-3-15)28(30)31/h2-13,29H,14H2,1H3,(H2,25,26,27). The van der Waals surface area contributed by atoms with E-state index in [0.29, 0.717) is 28.3 Å². The number of phenolic OH excluding ortho intramolecular Hbond substituents is 1. The van der Waals surface area contributed by atoms with Crippen molar-refractivity contribution in [3.05, 3.63) is 88.6 Å². The molecular weight excluding hydrogens is 424 g/mol. The second-order valence-electron chi connectivity index (χ2n) is 7.11. The SMILES string of the molecule is COc1ccc(-c2cnc(N)nc2-c2ccc(OCc3ccc([N+](=O)[O-])cc3)cc2O)cc1. The van der Waals surface area contributed by atoms with E-state index in [1.54, 1.807) is 37.6 Å². The number of rotatable bonds is 7. The third-order valence-electron chi connectivity index (χ3n) is 4.99. The lowest BCUT2D eigenvalue weighted by atomic mass is 10.00. The van der Waals surface area contributed by atoms with Crippen LogP contribution in [0.25, 0.3) is 22.4 Å². The molecular formula is C24H20N4O5. The quantitative estimate of drug-likeness (QED) is 0.312. The number of non-ortho nitro benzene ring substituents is 1. The molecule has 0 spiro atoms. The summed E-state index contributed by atoms with van der Waals surface area (Å²) < 4.78 is 10.9. The Balaban J connectivity index is 1.59. The Morgan fingerprint density at radius 1 is 1.00 bits per heavy atom. The normalized spacial score (nSPS) is 10.6. The summed E-state index contributed by atoms with van der Waals surface area (Å²) in [6, 6.07) is 18.3. The summed E-state index contributed by atoms with van der Waals surface area (Å²) in [4.78, 5) is 18.8. The first-order valence-corrected chi connectivity index (χ1v) is 9.91. The third-order valence-corrected chi connectivity index (χ3v) is 4.99. The van der Waals surface area contributed by atoms with Crippen LogP contribution >= 0.6 is 0 Å². The Morgan fingerprint density at radius 2 is 1.70 bits per heavy atom. The number of nitrogen functional groups attached to an aromatic ring is 1. The molecule has 4 rings (SSSR count). The van der Waals surface area contributed by atoms with E-state index < -0.39 is 4.92 Å². The fourth-order valence-corrected chi connectivity index (χ4v) is 3.26. The largest absolute Gasteiger partial charge is 0.507 e. The van der Waals surface area contributed by atoms with E-state index >= 15 is 0 Å². The minimum absolute atomic E-state index is 0.0116. The van der Waals surface area contributed by atoms with Crippen molar-refractivity contribution in [3.63, 3.8) is 0 Å². The summed E-state index contributed by atoms with van der Waals surface area (Å²) in [5.74, 6) is 1.20. The van der Waals surface area contributed by atoms with Gasteiger partial charge in [0.1, 0.15) is 23.9 Å². The monoisotopic (exact) mass is 444 g/mol. The van der Waals surface area contributed by atoms with Crippen LogP contribution in [0.1, 0.15) is 5.56 Å². The number of benzene rings is 3. The molecule has 0 amide bonds. The van der Waals surface area contributed by atoms with E-state index in [1.165, 1.54) is 18.2 Å². The molecule has 9 nitrogen and oxygen atoms in total. The number of ether oxygens (including phenoxy) is 2. The molecule has 3 aromatic carbocycles. The molecule has 9 heteroatoms. The molecule has 0 unspecified atom stereocenters. The lowest BCUT2D eigenvalue weighted by Crippen LogP contribution is -1.99. The molecule has 0 aliphatic carbocycles. The number of nitrogens with two attached hydrogens (primary N) is 1. The van der Waals surface area contributed by atoms with Crippen molar-refractivity contribution < 1.29 is 19.5 Å². The van der Waals surface area contributed by atoms with Crippen LogP contribution in [0.5, 0.6) is 17.2 Å². The number of methoxy groups -OCH3 is 1. The Labute approximate surface area is 189 Å². The lowest BCUT2D eigenvalue weighted by molar-refractivity contribution is -0.384. The molecule has 0 atom stereocenters. The van der Waals surface area contributed by atoms with Crippen molar-refractivity contribution in [1.29, 1.82) is 0 Å². The molecule has 1 heterocycles. The van der Waals surface area contributed by atoms with Gasteiger partial charge in [-0.15, -0.1) is 0 Å². The zero-order valence-corrected chi connectivity index (χ0v) is 17.6. The van der Waals surface area contributed by atoms with Crippen LogP contribution in [0.2, 0.25) is 0 Å². The topological polar surface area (TPSA) is 134 Å². The summed E-state index contributed by atoms with van der Waals surface area (Å²) in [5, 5.41) is 21.5. The number of aromatic nitrogens is 2. The lowest BCUT2D eigenvalue weighted by Gasteiger charge is -2.13. The van der Waals surface area contributed by atoms with E-state index in [2.05, 4.69) is 9.97 Å². The molecule has 0 fully saturated rings. The van der Waals surface area contributed by atoms with Crippen molar-refractivity contribution in [1.82, 2.24) is 9.97 Å². The van der Waals surface area contributed by atoms with Gasteiger partial charge >= 0.3 is 0 Å². The third kappa shape index (κ3) is 4.82. The highest BCUT2D eigenvalue weighted by Gasteiger charge is 2.15. The summed E-state index contributed by atoms with van der Waals surface area (Å²) in [5.41, 5.74) is 9.07. The van der Waals surface area contributed by atoms with Gasteiger partial charge in [-0.25, -0.2) is 9.97 Å². The van der Waals surface area contributed by atoms with Crippen LogP contribution in [0.3, 0.4) is 0 Å².